The highest BCUT2D eigenvalue weighted by atomic mass is 32.1. The van der Waals surface area contributed by atoms with Crippen LogP contribution in [0, 0.1) is 5.92 Å². The molecular formula is C13H22S. The fraction of sp³-hybridized carbons (Fsp3) is 0.692. The summed E-state index contributed by atoms with van der Waals surface area (Å²) in [6.45, 7) is 2.26. The van der Waals surface area contributed by atoms with Gasteiger partial charge >= 0.3 is 0 Å². The monoisotopic (exact) mass is 210 g/mol. The van der Waals surface area contributed by atoms with Crippen LogP contribution in [-0.2, 0) is 0 Å². The third-order valence-corrected chi connectivity index (χ3v) is 3.43. The van der Waals surface area contributed by atoms with Crippen LogP contribution in [0.5, 0.6) is 0 Å². The van der Waals surface area contributed by atoms with Crippen molar-refractivity contribution in [2.45, 2.75) is 50.7 Å². The van der Waals surface area contributed by atoms with Crippen LogP contribution >= 0.6 is 12.6 Å². The second-order valence-corrected chi connectivity index (χ2v) is 4.78. The SMILES string of the molecule is CCCCCCCC(S)C1C=CC=C1. The molecule has 0 spiro atoms. The predicted molar refractivity (Wildman–Crippen MR) is 67.9 cm³/mol. The van der Waals surface area contributed by atoms with E-state index in [9.17, 15) is 0 Å². The standard InChI is InChI=1S/C13H22S/c1-2-3-4-5-6-11-13(14)12-9-7-8-10-12/h7-10,12-14H,2-6,11H2,1H3. The smallest absolute Gasteiger partial charge is 0.0114 e. The van der Waals surface area contributed by atoms with Gasteiger partial charge < -0.3 is 0 Å². The van der Waals surface area contributed by atoms with E-state index < -0.39 is 0 Å². The Morgan fingerprint density at radius 2 is 1.71 bits per heavy atom. The zero-order valence-electron chi connectivity index (χ0n) is 9.15. The summed E-state index contributed by atoms with van der Waals surface area (Å²) in [4.78, 5) is 0. The Morgan fingerprint density at radius 1 is 1.07 bits per heavy atom. The van der Waals surface area contributed by atoms with Gasteiger partial charge in [0.05, 0.1) is 0 Å². The minimum Gasteiger partial charge on any atom is -0.175 e. The summed E-state index contributed by atoms with van der Waals surface area (Å²) >= 11 is 4.65. The van der Waals surface area contributed by atoms with Crippen LogP contribution in [0.2, 0.25) is 0 Å². The Labute approximate surface area is 93.9 Å². The molecular weight excluding hydrogens is 188 g/mol. The van der Waals surface area contributed by atoms with Crippen molar-refractivity contribution < 1.29 is 0 Å². The van der Waals surface area contributed by atoms with Crippen LogP contribution in [0.25, 0.3) is 0 Å². The minimum atomic E-state index is 0.534. The van der Waals surface area contributed by atoms with Gasteiger partial charge in [-0.2, -0.15) is 12.6 Å². The second-order valence-electron chi connectivity index (χ2n) is 4.12. The zero-order chi connectivity index (χ0) is 10.2. The summed E-state index contributed by atoms with van der Waals surface area (Å²) in [6, 6.07) is 0. The van der Waals surface area contributed by atoms with E-state index in [0.717, 1.165) is 0 Å². The van der Waals surface area contributed by atoms with Crippen LogP contribution in [0.1, 0.15) is 45.4 Å². The number of rotatable bonds is 7. The van der Waals surface area contributed by atoms with E-state index in [1.165, 1.54) is 38.5 Å². The number of hydrogen-bond donors (Lipinski definition) is 1. The molecule has 1 aliphatic carbocycles. The first-order valence-corrected chi connectivity index (χ1v) is 6.39. The Morgan fingerprint density at radius 3 is 2.36 bits per heavy atom. The molecule has 0 saturated heterocycles. The first-order chi connectivity index (χ1) is 6.84. The van der Waals surface area contributed by atoms with Crippen molar-refractivity contribution in [1.82, 2.24) is 0 Å². The largest absolute Gasteiger partial charge is 0.175 e. The van der Waals surface area contributed by atoms with Crippen molar-refractivity contribution in [3.05, 3.63) is 24.3 Å². The summed E-state index contributed by atoms with van der Waals surface area (Å²) in [5.74, 6) is 0.588. The van der Waals surface area contributed by atoms with Gasteiger partial charge in [0.25, 0.3) is 0 Å². The number of allylic oxidation sites excluding steroid dienone is 4. The Bertz CT molecular complexity index is 181. The van der Waals surface area contributed by atoms with Gasteiger partial charge in [-0.3, -0.25) is 0 Å². The van der Waals surface area contributed by atoms with E-state index in [1.54, 1.807) is 0 Å². The maximum atomic E-state index is 4.65. The first kappa shape index (κ1) is 11.9. The molecule has 0 aliphatic heterocycles. The summed E-state index contributed by atoms with van der Waals surface area (Å²) in [7, 11) is 0. The van der Waals surface area contributed by atoms with Crippen molar-refractivity contribution in [2.24, 2.45) is 5.92 Å². The quantitative estimate of drug-likeness (QED) is 0.467. The molecule has 0 bridgehead atoms. The second kappa shape index (κ2) is 7.17. The first-order valence-electron chi connectivity index (χ1n) is 5.87. The lowest BCUT2D eigenvalue weighted by Crippen LogP contribution is -2.08. The van der Waals surface area contributed by atoms with Crippen molar-refractivity contribution in [3.63, 3.8) is 0 Å². The van der Waals surface area contributed by atoms with Crippen molar-refractivity contribution in [1.29, 1.82) is 0 Å². The highest BCUT2D eigenvalue weighted by Gasteiger charge is 2.13. The molecule has 1 rings (SSSR count). The van der Waals surface area contributed by atoms with Crippen LogP contribution in [0.4, 0.5) is 0 Å². The summed E-state index contributed by atoms with van der Waals surface area (Å²) in [5, 5.41) is 0.534. The van der Waals surface area contributed by atoms with Crippen LogP contribution in [0.3, 0.4) is 0 Å². The molecule has 14 heavy (non-hydrogen) atoms. The van der Waals surface area contributed by atoms with E-state index in [4.69, 9.17) is 0 Å². The Hall–Kier alpha value is -0.170. The molecule has 1 heteroatoms. The number of thiol groups is 1. The zero-order valence-corrected chi connectivity index (χ0v) is 10.0. The maximum Gasteiger partial charge on any atom is 0.0114 e. The highest BCUT2D eigenvalue weighted by molar-refractivity contribution is 7.81. The van der Waals surface area contributed by atoms with Crippen LogP contribution in [-0.4, -0.2) is 5.25 Å². The fourth-order valence-electron chi connectivity index (χ4n) is 1.86. The van der Waals surface area contributed by atoms with Gasteiger partial charge in [-0.25, -0.2) is 0 Å². The minimum absolute atomic E-state index is 0.534. The molecule has 0 aromatic heterocycles. The van der Waals surface area contributed by atoms with E-state index in [-0.39, 0.29) is 0 Å². The number of unbranched alkanes of at least 4 members (excludes halogenated alkanes) is 4. The molecule has 0 fully saturated rings. The normalized spacial score (nSPS) is 17.9. The number of hydrogen-bond acceptors (Lipinski definition) is 1. The Kier molecular flexibility index (Phi) is 6.09. The Balaban J connectivity index is 2.00. The maximum absolute atomic E-state index is 4.65. The lowest BCUT2D eigenvalue weighted by Gasteiger charge is -2.14. The van der Waals surface area contributed by atoms with Crippen molar-refractivity contribution in [3.8, 4) is 0 Å². The summed E-state index contributed by atoms with van der Waals surface area (Å²) < 4.78 is 0. The van der Waals surface area contributed by atoms with Crippen LogP contribution in [0.15, 0.2) is 24.3 Å². The van der Waals surface area contributed by atoms with E-state index in [0.29, 0.717) is 11.2 Å². The molecule has 0 amide bonds. The van der Waals surface area contributed by atoms with Gasteiger partial charge in [0.1, 0.15) is 0 Å². The van der Waals surface area contributed by atoms with Crippen molar-refractivity contribution >= 4 is 12.6 Å². The molecule has 1 aliphatic rings. The molecule has 0 nitrogen and oxygen atoms in total. The summed E-state index contributed by atoms with van der Waals surface area (Å²) in [6.07, 6.45) is 16.9. The molecule has 0 heterocycles. The lowest BCUT2D eigenvalue weighted by atomic mass is 10.0. The fourth-order valence-corrected chi connectivity index (χ4v) is 2.24. The van der Waals surface area contributed by atoms with Gasteiger partial charge in [-0.15, -0.1) is 0 Å². The molecule has 1 atom stereocenters. The third-order valence-electron chi connectivity index (χ3n) is 2.83. The van der Waals surface area contributed by atoms with E-state index >= 15 is 0 Å². The molecule has 0 aromatic rings. The van der Waals surface area contributed by atoms with Gasteiger partial charge in [0.15, 0.2) is 0 Å². The van der Waals surface area contributed by atoms with Crippen LogP contribution < -0.4 is 0 Å². The molecule has 80 valence electrons. The average molecular weight is 210 g/mol. The van der Waals surface area contributed by atoms with E-state index in [2.05, 4.69) is 43.9 Å². The molecule has 0 N–H and O–H groups in total. The molecule has 0 saturated carbocycles. The summed E-state index contributed by atoms with van der Waals surface area (Å²) in [5.41, 5.74) is 0. The third kappa shape index (κ3) is 4.36. The molecule has 0 radical (unpaired) electrons. The molecule has 1 unspecified atom stereocenters. The predicted octanol–water partition coefficient (Wildman–Crippen LogP) is 4.39. The van der Waals surface area contributed by atoms with Crippen molar-refractivity contribution in [2.75, 3.05) is 0 Å². The van der Waals surface area contributed by atoms with Gasteiger partial charge in [-0.1, -0.05) is 63.3 Å². The topological polar surface area (TPSA) is 0 Å². The van der Waals surface area contributed by atoms with Gasteiger partial charge in [-0.05, 0) is 6.42 Å². The lowest BCUT2D eigenvalue weighted by molar-refractivity contribution is 0.576. The van der Waals surface area contributed by atoms with Gasteiger partial charge in [0, 0.05) is 11.2 Å². The highest BCUT2D eigenvalue weighted by Crippen LogP contribution is 2.23. The molecule has 0 aromatic carbocycles. The van der Waals surface area contributed by atoms with Gasteiger partial charge in [0.2, 0.25) is 0 Å². The average Bonchev–Trinajstić information content (AvgIpc) is 2.70. The van der Waals surface area contributed by atoms with E-state index in [1.807, 2.05) is 0 Å².